The molecule has 0 aliphatic rings. The number of fused-ring (bicyclic) bond motifs is 3. The maximum Gasteiger partial charge on any atom is 0.306 e. The summed E-state index contributed by atoms with van der Waals surface area (Å²) in [6.07, 6.45) is 2.42. The number of esters is 1. The zero-order chi connectivity index (χ0) is 40.5. The molecule has 0 bridgehead atoms. The van der Waals surface area contributed by atoms with Gasteiger partial charge in [-0.15, -0.1) is 0 Å². The summed E-state index contributed by atoms with van der Waals surface area (Å²) in [6.45, 7) is 2.24. The predicted molar refractivity (Wildman–Crippen MR) is 229 cm³/mol. The molecule has 0 radical (unpaired) electrons. The molecule has 0 fully saturated rings. The molecule has 6 aromatic carbocycles. The molecular formula is C49H48N4O5. The zero-order valence-electron chi connectivity index (χ0n) is 32.7. The van der Waals surface area contributed by atoms with Crippen molar-refractivity contribution in [2.24, 2.45) is 5.73 Å². The fourth-order valence-corrected chi connectivity index (χ4v) is 8.10. The van der Waals surface area contributed by atoms with Crippen LogP contribution < -0.4 is 11.1 Å². The first-order valence-corrected chi connectivity index (χ1v) is 19.8. The van der Waals surface area contributed by atoms with E-state index in [0.717, 1.165) is 43.8 Å². The van der Waals surface area contributed by atoms with E-state index in [1.165, 1.54) is 0 Å². The summed E-state index contributed by atoms with van der Waals surface area (Å²) in [7, 11) is 0. The van der Waals surface area contributed by atoms with Crippen molar-refractivity contribution in [3.8, 4) is 0 Å². The molecule has 0 aliphatic carbocycles. The van der Waals surface area contributed by atoms with Gasteiger partial charge in [0.25, 0.3) is 5.91 Å². The fourth-order valence-electron chi connectivity index (χ4n) is 8.10. The monoisotopic (exact) mass is 772 g/mol. The number of aromatic nitrogens is 1. The Morgan fingerprint density at radius 1 is 0.759 bits per heavy atom. The third-order valence-electron chi connectivity index (χ3n) is 11.0. The SMILES string of the molecule is CCN(C(=O)[C@](CCCC(=O)OCc1ccccc1)(Cc1cccc2ccccc12)NC(=O)c1c[nH]c2ccccc12)[C@H](CC(N)=O)Cc1ccc2ccccc2c1. The summed E-state index contributed by atoms with van der Waals surface area (Å²) >= 11 is 0. The van der Waals surface area contributed by atoms with Gasteiger partial charge in [-0.25, -0.2) is 0 Å². The number of primary amides is 1. The largest absolute Gasteiger partial charge is 0.461 e. The van der Waals surface area contributed by atoms with Gasteiger partial charge in [0.05, 0.1) is 5.56 Å². The molecule has 1 aromatic heterocycles. The van der Waals surface area contributed by atoms with Crippen LogP contribution in [0.5, 0.6) is 0 Å². The predicted octanol–water partition coefficient (Wildman–Crippen LogP) is 8.43. The summed E-state index contributed by atoms with van der Waals surface area (Å²) in [4.78, 5) is 61.3. The molecule has 7 aromatic rings. The van der Waals surface area contributed by atoms with Crippen molar-refractivity contribution in [3.63, 3.8) is 0 Å². The molecule has 1 heterocycles. The van der Waals surface area contributed by atoms with Crippen LogP contribution in [-0.4, -0.2) is 51.7 Å². The number of para-hydroxylation sites is 1. The zero-order valence-corrected chi connectivity index (χ0v) is 32.7. The number of carbonyl (C=O) groups is 4. The van der Waals surface area contributed by atoms with Gasteiger partial charge in [-0.3, -0.25) is 19.2 Å². The average Bonchev–Trinajstić information content (AvgIpc) is 3.68. The molecule has 0 saturated heterocycles. The fraction of sp³-hybridized carbons (Fsp3) is 0.224. The number of ether oxygens (including phenoxy) is 1. The number of hydrogen-bond acceptors (Lipinski definition) is 5. The molecule has 9 heteroatoms. The van der Waals surface area contributed by atoms with Crippen molar-refractivity contribution in [2.75, 3.05) is 6.54 Å². The van der Waals surface area contributed by atoms with Crippen LogP contribution in [0, 0.1) is 0 Å². The molecule has 0 unspecified atom stereocenters. The van der Waals surface area contributed by atoms with E-state index in [4.69, 9.17) is 10.5 Å². The van der Waals surface area contributed by atoms with Gasteiger partial charge >= 0.3 is 5.97 Å². The lowest BCUT2D eigenvalue weighted by Gasteiger charge is -2.41. The summed E-state index contributed by atoms with van der Waals surface area (Å²) in [5.74, 6) is -1.75. The Morgan fingerprint density at radius 3 is 2.22 bits per heavy atom. The molecule has 0 spiro atoms. The number of nitrogens with one attached hydrogen (secondary N) is 2. The Morgan fingerprint density at radius 2 is 1.45 bits per heavy atom. The second-order valence-corrected chi connectivity index (χ2v) is 14.9. The lowest BCUT2D eigenvalue weighted by atomic mass is 9.81. The van der Waals surface area contributed by atoms with Gasteiger partial charge in [0.15, 0.2) is 0 Å². The molecule has 7 rings (SSSR count). The first-order valence-electron chi connectivity index (χ1n) is 19.8. The maximum atomic E-state index is 15.8. The number of rotatable bonds is 17. The van der Waals surface area contributed by atoms with Crippen LogP contribution in [0.25, 0.3) is 32.4 Å². The lowest BCUT2D eigenvalue weighted by Crippen LogP contribution is -2.63. The Kier molecular flexibility index (Phi) is 12.3. The van der Waals surface area contributed by atoms with Crippen molar-refractivity contribution in [3.05, 3.63) is 168 Å². The Labute approximate surface area is 338 Å². The smallest absolute Gasteiger partial charge is 0.306 e. The van der Waals surface area contributed by atoms with Crippen LogP contribution in [0.3, 0.4) is 0 Å². The first-order chi connectivity index (χ1) is 28.2. The van der Waals surface area contributed by atoms with E-state index >= 15 is 4.79 Å². The molecule has 4 N–H and O–H groups in total. The van der Waals surface area contributed by atoms with Crippen LogP contribution in [-0.2, 0) is 38.6 Å². The highest BCUT2D eigenvalue weighted by Gasteiger charge is 2.45. The van der Waals surface area contributed by atoms with Gasteiger partial charge < -0.3 is 25.7 Å². The Hall–Kier alpha value is -6.74. The third kappa shape index (κ3) is 9.10. The average molecular weight is 773 g/mol. The minimum absolute atomic E-state index is 0.0221. The van der Waals surface area contributed by atoms with Gasteiger partial charge in [-0.2, -0.15) is 0 Å². The van der Waals surface area contributed by atoms with Crippen molar-refractivity contribution in [2.45, 2.75) is 63.6 Å². The molecular weight excluding hydrogens is 725 g/mol. The number of nitrogens with zero attached hydrogens (tertiary/aromatic N) is 1. The van der Waals surface area contributed by atoms with Crippen LogP contribution in [0.1, 0.15) is 59.7 Å². The second kappa shape index (κ2) is 18.0. The van der Waals surface area contributed by atoms with Crippen LogP contribution in [0.4, 0.5) is 0 Å². The summed E-state index contributed by atoms with van der Waals surface area (Å²) in [6, 6.07) is 44.4. The Balaban J connectivity index is 1.29. The van der Waals surface area contributed by atoms with Crippen molar-refractivity contribution in [1.82, 2.24) is 15.2 Å². The molecule has 3 amide bonds. The molecule has 58 heavy (non-hydrogen) atoms. The number of amides is 3. The van der Waals surface area contributed by atoms with E-state index in [1.807, 2.05) is 140 Å². The summed E-state index contributed by atoms with van der Waals surface area (Å²) < 4.78 is 5.64. The van der Waals surface area contributed by atoms with Gasteiger partial charge in [0, 0.05) is 48.9 Å². The number of carbonyl (C=O) groups excluding carboxylic acids is 4. The summed E-state index contributed by atoms with van der Waals surface area (Å²) in [5.41, 5.74) is 8.19. The van der Waals surface area contributed by atoms with E-state index in [1.54, 1.807) is 11.1 Å². The highest BCUT2D eigenvalue weighted by molar-refractivity contribution is 6.08. The van der Waals surface area contributed by atoms with Crippen molar-refractivity contribution < 1.29 is 23.9 Å². The van der Waals surface area contributed by atoms with Gasteiger partial charge in [0.2, 0.25) is 11.8 Å². The number of H-pyrrole nitrogens is 1. The standard InChI is InChI=1S/C49H48N4O5/c1-2-53(40(30-45(50)54)29-35-25-26-36-16-6-7-18-38(36)28-35)48(57)49(31-39-20-12-19-37-17-8-9-21-41(37)39,27-13-24-46(55)58-33-34-14-4-3-5-15-34)52-47(56)43-32-51-44-23-11-10-22-42(43)44/h3-12,14-23,25-26,28,32,40,51H,2,13,24,27,29-31,33H2,1H3,(H2,50,54)(H,52,56)/t40-,49-/m0/s1. The van der Waals surface area contributed by atoms with Gasteiger partial charge in [-0.1, -0.05) is 133 Å². The van der Waals surface area contributed by atoms with Crippen LogP contribution in [0.15, 0.2) is 146 Å². The van der Waals surface area contributed by atoms with Crippen LogP contribution in [0.2, 0.25) is 0 Å². The lowest BCUT2D eigenvalue weighted by molar-refractivity contribution is -0.146. The van der Waals surface area contributed by atoms with Gasteiger partial charge in [-0.05, 0) is 70.5 Å². The van der Waals surface area contributed by atoms with E-state index in [0.29, 0.717) is 17.4 Å². The molecule has 0 aliphatic heterocycles. The number of aromatic amines is 1. The minimum atomic E-state index is -1.56. The van der Waals surface area contributed by atoms with Crippen molar-refractivity contribution >= 4 is 56.1 Å². The highest BCUT2D eigenvalue weighted by atomic mass is 16.5. The van der Waals surface area contributed by atoms with E-state index in [2.05, 4.69) is 16.4 Å². The number of likely N-dealkylation sites (N-methyl/N-ethyl adjacent to an activating group) is 1. The third-order valence-corrected chi connectivity index (χ3v) is 11.0. The number of nitrogens with two attached hydrogens (primary N) is 1. The molecule has 9 nitrogen and oxygen atoms in total. The molecule has 294 valence electrons. The number of benzene rings is 6. The number of hydrogen-bond donors (Lipinski definition) is 3. The van der Waals surface area contributed by atoms with E-state index < -0.39 is 29.4 Å². The Bertz CT molecular complexity index is 2560. The maximum absolute atomic E-state index is 15.8. The topological polar surface area (TPSA) is 135 Å². The quantitative estimate of drug-likeness (QED) is 0.0800. The van der Waals surface area contributed by atoms with Crippen LogP contribution >= 0.6 is 0 Å². The van der Waals surface area contributed by atoms with E-state index in [9.17, 15) is 14.4 Å². The van der Waals surface area contributed by atoms with E-state index in [-0.39, 0.29) is 51.2 Å². The van der Waals surface area contributed by atoms with Crippen molar-refractivity contribution in [1.29, 1.82) is 0 Å². The normalized spacial score (nSPS) is 12.8. The summed E-state index contributed by atoms with van der Waals surface area (Å²) in [5, 5.41) is 8.03. The second-order valence-electron chi connectivity index (χ2n) is 14.9. The molecule has 2 atom stereocenters. The van der Waals surface area contributed by atoms with Gasteiger partial charge in [0.1, 0.15) is 12.1 Å². The molecule has 0 saturated carbocycles. The first kappa shape index (κ1) is 39.5. The highest BCUT2D eigenvalue weighted by Crippen LogP contribution is 2.31. The minimum Gasteiger partial charge on any atom is -0.461 e.